The summed E-state index contributed by atoms with van der Waals surface area (Å²) in [5.74, 6) is 5.30. The van der Waals surface area contributed by atoms with Crippen molar-refractivity contribution in [3.8, 4) is 0 Å². The van der Waals surface area contributed by atoms with Crippen LogP contribution in [0.15, 0.2) is 18.2 Å². The van der Waals surface area contributed by atoms with Gasteiger partial charge in [-0.15, -0.1) is 0 Å². The van der Waals surface area contributed by atoms with Crippen LogP contribution >= 0.6 is 0 Å². The number of nitro benzene ring substituents is 1. The zero-order valence-electron chi connectivity index (χ0n) is 10.9. The number of nitrogens with zero attached hydrogens (tertiary/aromatic N) is 1. The number of anilines is 2. The number of hydrogen-bond donors (Lipinski definition) is 4. The molecule has 7 nitrogen and oxygen atoms in total. The molecule has 2 rings (SSSR count). The molecule has 0 aromatic heterocycles. The van der Waals surface area contributed by atoms with Gasteiger partial charge in [-0.05, 0) is 12.5 Å². The minimum absolute atomic E-state index is 0.0318. The van der Waals surface area contributed by atoms with Crippen LogP contribution in [0.2, 0.25) is 0 Å². The number of nitro groups is 1. The van der Waals surface area contributed by atoms with Gasteiger partial charge in [0.15, 0.2) is 0 Å². The van der Waals surface area contributed by atoms with Crippen molar-refractivity contribution in [3.05, 3.63) is 28.3 Å². The van der Waals surface area contributed by atoms with E-state index in [0.29, 0.717) is 17.8 Å². The third-order valence-corrected chi connectivity index (χ3v) is 3.85. The van der Waals surface area contributed by atoms with E-state index < -0.39 is 4.92 Å². The number of aliphatic hydroxyl groups excluding tert-OH is 1. The second kappa shape index (κ2) is 4.67. The molecule has 2 atom stereocenters. The summed E-state index contributed by atoms with van der Waals surface area (Å²) in [6, 6.07) is 4.61. The van der Waals surface area contributed by atoms with E-state index in [0.717, 1.165) is 0 Å². The molecule has 1 saturated carbocycles. The fourth-order valence-corrected chi connectivity index (χ4v) is 2.23. The molecule has 0 aliphatic heterocycles. The highest BCUT2D eigenvalue weighted by Gasteiger charge is 2.47. The lowest BCUT2D eigenvalue weighted by molar-refractivity contribution is -0.384. The Morgan fingerprint density at radius 1 is 1.42 bits per heavy atom. The Balaban J connectivity index is 2.21. The van der Waals surface area contributed by atoms with E-state index in [-0.39, 0.29) is 23.2 Å². The number of hydrazine groups is 1. The Bertz CT molecular complexity index is 504. The van der Waals surface area contributed by atoms with Crippen LogP contribution in [0.1, 0.15) is 20.3 Å². The molecule has 0 saturated heterocycles. The zero-order valence-corrected chi connectivity index (χ0v) is 10.9. The topological polar surface area (TPSA) is 113 Å². The molecule has 104 valence electrons. The summed E-state index contributed by atoms with van der Waals surface area (Å²) in [5.41, 5.74) is 3.21. The molecule has 2 unspecified atom stereocenters. The second-order valence-electron chi connectivity index (χ2n) is 5.44. The highest BCUT2D eigenvalue weighted by molar-refractivity contribution is 5.63. The third kappa shape index (κ3) is 2.47. The van der Waals surface area contributed by atoms with Gasteiger partial charge in [-0.3, -0.25) is 16.0 Å². The smallest absolute Gasteiger partial charge is 0.273 e. The second-order valence-corrected chi connectivity index (χ2v) is 5.44. The predicted octanol–water partition coefficient (Wildman–Crippen LogP) is 1.45. The van der Waals surface area contributed by atoms with Crippen molar-refractivity contribution < 1.29 is 10.0 Å². The molecule has 0 amide bonds. The van der Waals surface area contributed by atoms with Gasteiger partial charge in [0.1, 0.15) is 0 Å². The number of nitrogens with one attached hydrogen (secondary N) is 2. The van der Waals surface area contributed by atoms with Gasteiger partial charge in [0.05, 0.1) is 16.7 Å². The van der Waals surface area contributed by atoms with Crippen LogP contribution in [0.3, 0.4) is 0 Å². The molecule has 1 aliphatic rings. The molecular weight excluding hydrogens is 248 g/mol. The monoisotopic (exact) mass is 266 g/mol. The third-order valence-electron chi connectivity index (χ3n) is 3.85. The molecular formula is C12H18N4O3. The number of rotatable bonds is 4. The lowest BCUT2D eigenvalue weighted by atomic mass is 9.64. The van der Waals surface area contributed by atoms with Crippen LogP contribution in [0.5, 0.6) is 0 Å². The minimum atomic E-state index is -0.465. The minimum Gasteiger partial charge on any atom is -0.392 e. The molecule has 19 heavy (non-hydrogen) atoms. The molecule has 0 bridgehead atoms. The van der Waals surface area contributed by atoms with Crippen LogP contribution in [-0.4, -0.2) is 22.2 Å². The average molecular weight is 266 g/mol. The Morgan fingerprint density at radius 3 is 2.53 bits per heavy atom. The van der Waals surface area contributed by atoms with Gasteiger partial charge in [-0.1, -0.05) is 13.8 Å². The molecule has 1 fully saturated rings. The van der Waals surface area contributed by atoms with Gasteiger partial charge in [0.25, 0.3) is 5.69 Å². The van der Waals surface area contributed by atoms with E-state index >= 15 is 0 Å². The number of aliphatic hydroxyl groups is 1. The highest BCUT2D eigenvalue weighted by Crippen LogP contribution is 2.42. The first-order valence-electron chi connectivity index (χ1n) is 6.05. The van der Waals surface area contributed by atoms with Crippen molar-refractivity contribution in [2.75, 3.05) is 10.7 Å². The normalized spacial score (nSPS) is 24.4. The summed E-state index contributed by atoms with van der Waals surface area (Å²) in [7, 11) is 0. The van der Waals surface area contributed by atoms with Gasteiger partial charge in [0, 0.05) is 29.3 Å². The maximum absolute atomic E-state index is 10.8. The summed E-state index contributed by atoms with van der Waals surface area (Å²) in [6.45, 7) is 3.91. The molecule has 0 radical (unpaired) electrons. The maximum Gasteiger partial charge on any atom is 0.273 e. The van der Waals surface area contributed by atoms with Crippen molar-refractivity contribution in [2.24, 2.45) is 11.3 Å². The molecule has 1 aromatic rings. The van der Waals surface area contributed by atoms with E-state index in [2.05, 4.69) is 10.7 Å². The number of non-ortho nitro benzene ring substituents is 1. The fourth-order valence-electron chi connectivity index (χ4n) is 2.23. The lowest BCUT2D eigenvalue weighted by Crippen LogP contribution is -2.56. The standard InChI is InChI=1S/C12H18N4O3/c1-12(2)10(6-11(12)17)14-7-3-8(15-13)5-9(4-7)16(18)19/h3-5,10-11,14-15,17H,6,13H2,1-2H3. The van der Waals surface area contributed by atoms with Gasteiger partial charge in [-0.25, -0.2) is 0 Å². The van der Waals surface area contributed by atoms with E-state index in [1.807, 2.05) is 13.8 Å². The number of nitrogen functional groups attached to an aromatic ring is 1. The first-order valence-corrected chi connectivity index (χ1v) is 6.05. The molecule has 1 aromatic carbocycles. The van der Waals surface area contributed by atoms with Crippen LogP contribution in [-0.2, 0) is 0 Å². The maximum atomic E-state index is 10.8. The molecule has 0 heterocycles. The quantitative estimate of drug-likeness (QED) is 0.372. The molecule has 0 spiro atoms. The zero-order chi connectivity index (χ0) is 14.2. The summed E-state index contributed by atoms with van der Waals surface area (Å²) < 4.78 is 0. The first-order chi connectivity index (χ1) is 8.84. The van der Waals surface area contributed by atoms with Crippen molar-refractivity contribution in [3.63, 3.8) is 0 Å². The van der Waals surface area contributed by atoms with Gasteiger partial charge >= 0.3 is 0 Å². The number of hydrogen-bond acceptors (Lipinski definition) is 6. The Hall–Kier alpha value is -1.86. The SMILES string of the molecule is CC1(C)C(O)CC1Nc1cc(NN)cc([N+](=O)[O-])c1. The summed E-state index contributed by atoms with van der Waals surface area (Å²) in [6.07, 6.45) is 0.275. The van der Waals surface area contributed by atoms with Crippen LogP contribution in [0.4, 0.5) is 17.1 Å². The van der Waals surface area contributed by atoms with Gasteiger partial charge in [0.2, 0.25) is 0 Å². The summed E-state index contributed by atoms with van der Waals surface area (Å²) in [5, 5.41) is 23.7. The lowest BCUT2D eigenvalue weighted by Gasteiger charge is -2.49. The van der Waals surface area contributed by atoms with Crippen LogP contribution < -0.4 is 16.6 Å². The Kier molecular flexibility index (Phi) is 3.34. The Morgan fingerprint density at radius 2 is 2.05 bits per heavy atom. The fraction of sp³-hybridized carbons (Fsp3) is 0.500. The van der Waals surface area contributed by atoms with E-state index in [1.54, 1.807) is 6.07 Å². The van der Waals surface area contributed by atoms with Crippen LogP contribution in [0, 0.1) is 15.5 Å². The van der Waals surface area contributed by atoms with E-state index in [1.165, 1.54) is 12.1 Å². The van der Waals surface area contributed by atoms with Crippen molar-refractivity contribution in [1.82, 2.24) is 0 Å². The molecule has 1 aliphatic carbocycles. The van der Waals surface area contributed by atoms with Crippen molar-refractivity contribution in [2.45, 2.75) is 32.4 Å². The Labute approximate surface area is 110 Å². The number of benzene rings is 1. The van der Waals surface area contributed by atoms with Gasteiger partial charge < -0.3 is 15.8 Å². The van der Waals surface area contributed by atoms with Crippen molar-refractivity contribution >= 4 is 17.1 Å². The van der Waals surface area contributed by atoms with Gasteiger partial charge in [-0.2, -0.15) is 0 Å². The summed E-state index contributed by atoms with van der Waals surface area (Å²) >= 11 is 0. The van der Waals surface area contributed by atoms with E-state index in [4.69, 9.17) is 5.84 Å². The molecule has 7 heteroatoms. The molecule has 5 N–H and O–H groups in total. The van der Waals surface area contributed by atoms with Crippen molar-refractivity contribution in [1.29, 1.82) is 0 Å². The highest BCUT2D eigenvalue weighted by atomic mass is 16.6. The predicted molar refractivity (Wildman–Crippen MR) is 72.7 cm³/mol. The first kappa shape index (κ1) is 13.6. The largest absolute Gasteiger partial charge is 0.392 e. The van der Waals surface area contributed by atoms with Crippen LogP contribution in [0.25, 0.3) is 0 Å². The average Bonchev–Trinajstić information content (AvgIpc) is 2.38. The summed E-state index contributed by atoms with van der Waals surface area (Å²) in [4.78, 5) is 10.4. The number of nitrogens with two attached hydrogens (primary N) is 1. The van der Waals surface area contributed by atoms with E-state index in [9.17, 15) is 15.2 Å².